The number of hydrogen-bond donors (Lipinski definition) is 2. The minimum absolute atomic E-state index is 0.817. The number of hydrogen-bond acceptors (Lipinski definition) is 1. The van der Waals surface area contributed by atoms with Crippen LogP contribution in [-0.4, -0.2) is 11.5 Å². The van der Waals surface area contributed by atoms with E-state index in [9.17, 15) is 0 Å². The molecule has 0 unspecified atom stereocenters. The summed E-state index contributed by atoms with van der Waals surface area (Å²) in [6.45, 7) is 4.40. The quantitative estimate of drug-likeness (QED) is 0.586. The van der Waals surface area contributed by atoms with E-state index in [0.717, 1.165) is 12.2 Å². The topological polar surface area (TPSA) is 27.8 Å². The number of H-pyrrole nitrogens is 1. The number of aromatic nitrogens is 1. The van der Waals surface area contributed by atoms with Crippen molar-refractivity contribution in [1.29, 1.82) is 0 Å². The predicted octanol–water partition coefficient (Wildman–Crippen LogP) is 1.61. The van der Waals surface area contributed by atoms with Gasteiger partial charge < -0.3 is 10.3 Å². The van der Waals surface area contributed by atoms with Crippen LogP contribution in [0.2, 0.25) is 0 Å². The summed E-state index contributed by atoms with van der Waals surface area (Å²) in [5.74, 6) is 0. The van der Waals surface area contributed by atoms with Gasteiger partial charge in [0.25, 0.3) is 0 Å². The van der Waals surface area contributed by atoms with Gasteiger partial charge in [-0.15, -0.1) is 6.58 Å². The fourth-order valence-corrected chi connectivity index (χ4v) is 0.624. The number of nitrogens with one attached hydrogen (secondary N) is 2. The van der Waals surface area contributed by atoms with Crippen molar-refractivity contribution in [3.05, 3.63) is 31.1 Å². The number of anilines is 1. The Labute approximate surface area is 54.6 Å². The van der Waals surface area contributed by atoms with Gasteiger partial charge in [-0.05, 0) is 6.07 Å². The van der Waals surface area contributed by atoms with Gasteiger partial charge in [-0.3, -0.25) is 0 Å². The van der Waals surface area contributed by atoms with Crippen LogP contribution in [0.5, 0.6) is 0 Å². The molecule has 1 rings (SSSR count). The lowest BCUT2D eigenvalue weighted by molar-refractivity contribution is 1.34. The summed E-state index contributed by atoms with van der Waals surface area (Å²) in [6.07, 6.45) is 5.61. The molecule has 0 radical (unpaired) electrons. The molecule has 0 bridgehead atoms. The van der Waals surface area contributed by atoms with E-state index in [1.54, 1.807) is 0 Å². The molecule has 0 fully saturated rings. The van der Waals surface area contributed by atoms with Gasteiger partial charge in [0, 0.05) is 18.9 Å². The fraction of sp³-hybridized carbons (Fsp3) is 0.143. The molecule has 0 aliphatic rings. The molecule has 9 heavy (non-hydrogen) atoms. The summed E-state index contributed by atoms with van der Waals surface area (Å²) in [5.41, 5.74) is 1.11. The molecule has 1 aromatic rings. The summed E-state index contributed by atoms with van der Waals surface area (Å²) in [7, 11) is 0. The Balaban J connectivity index is 2.38. The van der Waals surface area contributed by atoms with Crippen LogP contribution < -0.4 is 5.32 Å². The van der Waals surface area contributed by atoms with E-state index in [1.165, 1.54) is 0 Å². The van der Waals surface area contributed by atoms with Crippen molar-refractivity contribution in [2.75, 3.05) is 11.9 Å². The van der Waals surface area contributed by atoms with E-state index in [4.69, 9.17) is 0 Å². The first-order chi connectivity index (χ1) is 4.43. The highest BCUT2D eigenvalue weighted by Gasteiger charge is 1.84. The Morgan fingerprint density at radius 2 is 2.67 bits per heavy atom. The van der Waals surface area contributed by atoms with Crippen LogP contribution in [0.15, 0.2) is 31.1 Å². The highest BCUT2D eigenvalue weighted by Crippen LogP contribution is 2.01. The van der Waals surface area contributed by atoms with Crippen LogP contribution in [0.25, 0.3) is 0 Å². The molecule has 0 saturated carbocycles. The van der Waals surface area contributed by atoms with Crippen molar-refractivity contribution >= 4 is 5.69 Å². The van der Waals surface area contributed by atoms with E-state index in [0.29, 0.717) is 0 Å². The molecule has 1 heterocycles. The summed E-state index contributed by atoms with van der Waals surface area (Å²) in [4.78, 5) is 2.94. The lowest BCUT2D eigenvalue weighted by Gasteiger charge is -1.95. The minimum atomic E-state index is 0.817. The van der Waals surface area contributed by atoms with E-state index in [1.807, 2.05) is 24.5 Å². The summed E-state index contributed by atoms with van der Waals surface area (Å²) in [5, 5.41) is 3.12. The molecule has 0 saturated heterocycles. The Kier molecular flexibility index (Phi) is 1.96. The second-order valence-corrected chi connectivity index (χ2v) is 1.77. The molecule has 0 amide bonds. The second kappa shape index (κ2) is 2.97. The molecule has 0 spiro atoms. The average Bonchev–Trinajstić information content (AvgIpc) is 2.34. The normalized spacial score (nSPS) is 8.89. The smallest absolute Gasteiger partial charge is 0.0520 e. The number of aromatic amines is 1. The summed E-state index contributed by atoms with van der Waals surface area (Å²) in [6, 6.07) is 1.98. The van der Waals surface area contributed by atoms with Crippen molar-refractivity contribution < 1.29 is 0 Å². The molecule has 1 aromatic heterocycles. The fourth-order valence-electron chi connectivity index (χ4n) is 0.624. The van der Waals surface area contributed by atoms with Crippen molar-refractivity contribution in [2.45, 2.75) is 0 Å². The van der Waals surface area contributed by atoms with E-state index in [-0.39, 0.29) is 0 Å². The Morgan fingerprint density at radius 1 is 1.78 bits per heavy atom. The Hall–Kier alpha value is -1.18. The van der Waals surface area contributed by atoms with Gasteiger partial charge in [-0.25, -0.2) is 0 Å². The van der Waals surface area contributed by atoms with Gasteiger partial charge in [-0.1, -0.05) is 6.08 Å². The molecule has 0 atom stereocenters. The van der Waals surface area contributed by atoms with Crippen molar-refractivity contribution in [3.63, 3.8) is 0 Å². The zero-order valence-electron chi connectivity index (χ0n) is 5.22. The highest BCUT2D eigenvalue weighted by atomic mass is 14.9. The standard InChI is InChI=1S/C7H10N2/c1-2-4-9-7-3-5-8-6-7/h2-3,5-6,8-9H,1,4H2. The van der Waals surface area contributed by atoms with Crippen molar-refractivity contribution in [2.24, 2.45) is 0 Å². The van der Waals surface area contributed by atoms with Gasteiger partial charge in [-0.2, -0.15) is 0 Å². The zero-order valence-corrected chi connectivity index (χ0v) is 5.22. The third-order valence-corrected chi connectivity index (χ3v) is 1.05. The third-order valence-electron chi connectivity index (χ3n) is 1.05. The van der Waals surface area contributed by atoms with Crippen molar-refractivity contribution in [3.8, 4) is 0 Å². The van der Waals surface area contributed by atoms with Gasteiger partial charge in [0.05, 0.1) is 5.69 Å². The molecule has 0 aliphatic carbocycles. The first kappa shape index (κ1) is 5.95. The lowest BCUT2D eigenvalue weighted by atomic mass is 10.5. The Morgan fingerprint density at radius 3 is 3.22 bits per heavy atom. The van der Waals surface area contributed by atoms with Crippen molar-refractivity contribution in [1.82, 2.24) is 4.98 Å². The largest absolute Gasteiger partial charge is 0.380 e. The maximum absolute atomic E-state index is 3.59. The maximum Gasteiger partial charge on any atom is 0.0520 e. The molecule has 2 N–H and O–H groups in total. The summed E-state index contributed by atoms with van der Waals surface area (Å²) >= 11 is 0. The van der Waals surface area contributed by atoms with Gasteiger partial charge in [0.15, 0.2) is 0 Å². The molecule has 2 nitrogen and oxygen atoms in total. The van der Waals surface area contributed by atoms with Crippen LogP contribution in [0.1, 0.15) is 0 Å². The van der Waals surface area contributed by atoms with Gasteiger partial charge in [0.1, 0.15) is 0 Å². The first-order valence-corrected chi connectivity index (χ1v) is 2.91. The minimum Gasteiger partial charge on any atom is -0.380 e. The van der Waals surface area contributed by atoms with E-state index in [2.05, 4.69) is 16.9 Å². The van der Waals surface area contributed by atoms with Crippen LogP contribution in [-0.2, 0) is 0 Å². The zero-order chi connectivity index (χ0) is 6.53. The molecule has 0 aromatic carbocycles. The first-order valence-electron chi connectivity index (χ1n) is 2.91. The maximum atomic E-state index is 3.59. The van der Waals surface area contributed by atoms with Gasteiger partial charge in [0.2, 0.25) is 0 Å². The molecule has 2 heteroatoms. The molecular formula is C7H10N2. The molecule has 0 aliphatic heterocycles. The molecular weight excluding hydrogens is 112 g/mol. The monoisotopic (exact) mass is 122 g/mol. The van der Waals surface area contributed by atoms with Crippen LogP contribution in [0.3, 0.4) is 0 Å². The van der Waals surface area contributed by atoms with Gasteiger partial charge >= 0.3 is 0 Å². The average molecular weight is 122 g/mol. The van der Waals surface area contributed by atoms with E-state index >= 15 is 0 Å². The number of rotatable bonds is 3. The SMILES string of the molecule is C=CCNc1cc[nH]c1. The Bertz CT molecular complexity index is 165. The predicted molar refractivity (Wildman–Crippen MR) is 39.5 cm³/mol. The second-order valence-electron chi connectivity index (χ2n) is 1.77. The summed E-state index contributed by atoms with van der Waals surface area (Å²) < 4.78 is 0. The van der Waals surface area contributed by atoms with E-state index < -0.39 is 0 Å². The third kappa shape index (κ3) is 1.64. The van der Waals surface area contributed by atoms with Crippen LogP contribution >= 0.6 is 0 Å². The molecule has 48 valence electrons. The lowest BCUT2D eigenvalue weighted by Crippen LogP contribution is -1.94. The van der Waals surface area contributed by atoms with Crippen LogP contribution in [0, 0.1) is 0 Å². The van der Waals surface area contributed by atoms with Crippen LogP contribution in [0.4, 0.5) is 5.69 Å². The highest BCUT2D eigenvalue weighted by molar-refractivity contribution is 5.40.